The first-order valence-corrected chi connectivity index (χ1v) is 7.72. The second kappa shape index (κ2) is 6.78. The molecule has 3 rings (SSSR count). The van der Waals surface area contributed by atoms with Gasteiger partial charge >= 0.3 is 0 Å². The number of fused-ring (bicyclic) bond motifs is 1. The van der Waals surface area contributed by atoms with E-state index in [1.165, 1.54) is 12.1 Å². The first kappa shape index (κ1) is 16.7. The number of halogens is 1. The van der Waals surface area contributed by atoms with Crippen LogP contribution >= 0.6 is 11.6 Å². The van der Waals surface area contributed by atoms with E-state index in [0.29, 0.717) is 11.4 Å². The number of amides is 2. The molecule has 1 aliphatic heterocycles. The number of carbonyl (C=O) groups is 2. The van der Waals surface area contributed by atoms with Crippen molar-refractivity contribution in [2.45, 2.75) is 12.5 Å². The first-order valence-electron chi connectivity index (χ1n) is 7.34. The lowest BCUT2D eigenvalue weighted by atomic mass is 10.1. The van der Waals surface area contributed by atoms with Crippen LogP contribution in [0.4, 0.5) is 22.7 Å². The highest BCUT2D eigenvalue weighted by atomic mass is 35.5. The summed E-state index contributed by atoms with van der Waals surface area (Å²) in [6.45, 7) is 0. The van der Waals surface area contributed by atoms with Crippen molar-refractivity contribution in [3.05, 3.63) is 57.6 Å². The van der Waals surface area contributed by atoms with E-state index in [4.69, 9.17) is 11.6 Å². The zero-order valence-electron chi connectivity index (χ0n) is 12.8. The summed E-state index contributed by atoms with van der Waals surface area (Å²) >= 11 is 5.74. The van der Waals surface area contributed by atoms with Gasteiger partial charge in [0.15, 0.2) is 0 Å². The summed E-state index contributed by atoms with van der Waals surface area (Å²) in [5, 5.41) is 19.4. The van der Waals surface area contributed by atoms with Gasteiger partial charge in [-0.15, -0.1) is 0 Å². The van der Waals surface area contributed by atoms with Gasteiger partial charge in [-0.25, -0.2) is 0 Å². The molecule has 0 saturated carbocycles. The van der Waals surface area contributed by atoms with Gasteiger partial charge in [-0.05, 0) is 24.3 Å². The maximum absolute atomic E-state index is 12.2. The van der Waals surface area contributed by atoms with Crippen molar-refractivity contribution in [2.24, 2.45) is 0 Å². The van der Waals surface area contributed by atoms with Crippen molar-refractivity contribution in [3.63, 3.8) is 0 Å². The Morgan fingerprint density at radius 1 is 1.24 bits per heavy atom. The van der Waals surface area contributed by atoms with Gasteiger partial charge in [-0.3, -0.25) is 19.7 Å². The van der Waals surface area contributed by atoms with Crippen LogP contribution in [0.3, 0.4) is 0 Å². The van der Waals surface area contributed by atoms with Gasteiger partial charge in [-0.2, -0.15) is 0 Å². The number of nitro groups is 1. The number of hydrogen-bond acceptors (Lipinski definition) is 5. The number of rotatable bonds is 4. The van der Waals surface area contributed by atoms with Crippen molar-refractivity contribution >= 4 is 46.2 Å². The Kier molecular flexibility index (Phi) is 4.53. The topological polar surface area (TPSA) is 113 Å². The molecule has 0 unspecified atom stereocenters. The van der Waals surface area contributed by atoms with E-state index in [9.17, 15) is 19.7 Å². The van der Waals surface area contributed by atoms with E-state index in [-0.39, 0.29) is 28.7 Å². The largest absolute Gasteiger partial charge is 0.372 e. The Morgan fingerprint density at radius 2 is 1.96 bits per heavy atom. The molecule has 128 valence electrons. The van der Waals surface area contributed by atoms with Crippen molar-refractivity contribution in [2.75, 3.05) is 16.0 Å². The Bertz CT molecular complexity index is 871. The summed E-state index contributed by atoms with van der Waals surface area (Å²) in [5.74, 6) is -0.878. The fourth-order valence-electron chi connectivity index (χ4n) is 2.48. The lowest BCUT2D eigenvalue weighted by Gasteiger charge is -2.26. The third-order valence-corrected chi connectivity index (χ3v) is 3.89. The van der Waals surface area contributed by atoms with Gasteiger partial charge in [0.25, 0.3) is 5.69 Å². The molecule has 1 atom stereocenters. The van der Waals surface area contributed by atoms with Crippen molar-refractivity contribution in [3.8, 4) is 0 Å². The zero-order chi connectivity index (χ0) is 18.0. The lowest BCUT2D eigenvalue weighted by molar-refractivity contribution is -0.383. The maximum Gasteiger partial charge on any atom is 0.294 e. The highest BCUT2D eigenvalue weighted by molar-refractivity contribution is 6.31. The normalized spacial score (nSPS) is 15.6. The number of anilines is 3. The van der Waals surface area contributed by atoms with E-state index in [2.05, 4.69) is 16.0 Å². The number of nitro benzene ring substituents is 1. The van der Waals surface area contributed by atoms with E-state index >= 15 is 0 Å². The predicted octanol–water partition coefficient (Wildman–Crippen LogP) is 3.01. The Hall–Kier alpha value is -3.13. The van der Waals surface area contributed by atoms with Gasteiger partial charge in [0.2, 0.25) is 11.8 Å². The highest BCUT2D eigenvalue weighted by Gasteiger charge is 2.28. The average molecular weight is 361 g/mol. The third kappa shape index (κ3) is 3.69. The Balaban J connectivity index is 1.72. The fraction of sp³-hybridized carbons (Fsp3) is 0.125. The first-order chi connectivity index (χ1) is 11.9. The van der Waals surface area contributed by atoms with Crippen LogP contribution in [0, 0.1) is 10.1 Å². The van der Waals surface area contributed by atoms with Crippen molar-refractivity contribution in [1.82, 2.24) is 0 Å². The standard InChI is InChI=1S/C16H13ClN4O4/c17-9-5-6-12(14(7-9)21(24)25)19-15(22)8-13-16(23)20-11-4-2-1-3-10(11)18-13/h1-7,13,18H,8H2,(H,19,22)(H,20,23)/t13-/m1/s1. The smallest absolute Gasteiger partial charge is 0.294 e. The minimum Gasteiger partial charge on any atom is -0.372 e. The molecule has 8 nitrogen and oxygen atoms in total. The zero-order valence-corrected chi connectivity index (χ0v) is 13.5. The van der Waals surface area contributed by atoms with Gasteiger partial charge in [0.05, 0.1) is 22.7 Å². The van der Waals surface area contributed by atoms with Crippen LogP contribution in [0.1, 0.15) is 6.42 Å². The number of nitrogens with zero attached hydrogens (tertiary/aromatic N) is 1. The number of carbonyl (C=O) groups excluding carboxylic acids is 2. The Labute approximate surface area is 147 Å². The summed E-state index contributed by atoms with van der Waals surface area (Å²) in [6.07, 6.45) is -0.181. The van der Waals surface area contributed by atoms with E-state index in [1.807, 2.05) is 0 Å². The minimum absolute atomic E-state index is 0.0241. The average Bonchev–Trinajstić information content (AvgIpc) is 2.57. The number of nitrogens with one attached hydrogen (secondary N) is 3. The molecular formula is C16H13ClN4O4. The summed E-state index contributed by atoms with van der Waals surface area (Å²) in [6, 6.07) is 10.3. The summed E-state index contributed by atoms with van der Waals surface area (Å²) in [4.78, 5) is 34.7. The molecule has 0 saturated heterocycles. The van der Waals surface area contributed by atoms with Crippen LogP contribution in [-0.2, 0) is 9.59 Å². The molecule has 25 heavy (non-hydrogen) atoms. The van der Waals surface area contributed by atoms with Crippen LogP contribution in [-0.4, -0.2) is 22.8 Å². The number of para-hydroxylation sites is 2. The molecule has 9 heteroatoms. The molecule has 1 heterocycles. The SMILES string of the molecule is O=C(C[C@H]1Nc2ccccc2NC1=O)Nc1ccc(Cl)cc1[N+](=O)[O-]. The van der Waals surface area contributed by atoms with Crippen LogP contribution in [0.25, 0.3) is 0 Å². The second-order valence-corrected chi connectivity index (χ2v) is 5.84. The molecule has 3 N–H and O–H groups in total. The van der Waals surface area contributed by atoms with Gasteiger partial charge in [-0.1, -0.05) is 23.7 Å². The lowest BCUT2D eigenvalue weighted by Crippen LogP contribution is -2.41. The molecule has 0 fully saturated rings. The Morgan fingerprint density at radius 3 is 2.68 bits per heavy atom. The van der Waals surface area contributed by atoms with Crippen LogP contribution in [0.2, 0.25) is 5.02 Å². The summed E-state index contributed by atoms with van der Waals surface area (Å²) in [7, 11) is 0. The molecule has 0 aliphatic carbocycles. The van der Waals surface area contributed by atoms with E-state index in [1.54, 1.807) is 24.3 Å². The van der Waals surface area contributed by atoms with Crippen LogP contribution in [0.5, 0.6) is 0 Å². The van der Waals surface area contributed by atoms with Crippen molar-refractivity contribution < 1.29 is 14.5 Å². The molecule has 0 aromatic heterocycles. The number of benzene rings is 2. The molecule has 2 aromatic rings. The van der Waals surface area contributed by atoms with Crippen LogP contribution < -0.4 is 16.0 Å². The molecule has 0 spiro atoms. The highest BCUT2D eigenvalue weighted by Crippen LogP contribution is 2.29. The molecule has 2 amide bonds. The number of hydrogen-bond donors (Lipinski definition) is 3. The summed E-state index contributed by atoms with van der Waals surface area (Å²) < 4.78 is 0. The van der Waals surface area contributed by atoms with Gasteiger partial charge < -0.3 is 16.0 Å². The van der Waals surface area contributed by atoms with Crippen LogP contribution in [0.15, 0.2) is 42.5 Å². The predicted molar refractivity (Wildman–Crippen MR) is 93.8 cm³/mol. The van der Waals surface area contributed by atoms with Crippen molar-refractivity contribution in [1.29, 1.82) is 0 Å². The fourth-order valence-corrected chi connectivity index (χ4v) is 2.65. The third-order valence-electron chi connectivity index (χ3n) is 3.65. The molecule has 1 aliphatic rings. The molecule has 0 bridgehead atoms. The molecule has 0 radical (unpaired) electrons. The summed E-state index contributed by atoms with van der Waals surface area (Å²) in [5.41, 5.74) is 1.05. The van der Waals surface area contributed by atoms with E-state index < -0.39 is 16.9 Å². The second-order valence-electron chi connectivity index (χ2n) is 5.40. The maximum atomic E-state index is 12.2. The minimum atomic E-state index is -0.777. The quantitative estimate of drug-likeness (QED) is 0.573. The van der Waals surface area contributed by atoms with Gasteiger partial charge in [0.1, 0.15) is 11.7 Å². The molecule has 2 aromatic carbocycles. The molecular weight excluding hydrogens is 348 g/mol. The van der Waals surface area contributed by atoms with Gasteiger partial charge in [0, 0.05) is 11.1 Å². The monoisotopic (exact) mass is 360 g/mol. The van der Waals surface area contributed by atoms with E-state index in [0.717, 1.165) is 6.07 Å².